The zero-order chi connectivity index (χ0) is 25.3. The minimum Gasteiger partial charge on any atom is -0.378 e. The molecular weight excluding hydrogens is 484 g/mol. The Hall–Kier alpha value is -3.25. The molecule has 1 aliphatic heterocycles. The molecule has 0 atom stereocenters. The van der Waals surface area contributed by atoms with Gasteiger partial charge in [0.25, 0.3) is 0 Å². The lowest BCUT2D eigenvalue weighted by molar-refractivity contribution is -0.118. The molecule has 0 bridgehead atoms. The van der Waals surface area contributed by atoms with Crippen LogP contribution in [0.25, 0.3) is 11.4 Å². The van der Waals surface area contributed by atoms with Gasteiger partial charge in [-0.3, -0.25) is 4.79 Å². The number of urea groups is 1. The van der Waals surface area contributed by atoms with E-state index in [1.807, 2.05) is 0 Å². The highest BCUT2D eigenvalue weighted by Crippen LogP contribution is 2.53. The number of benzene rings is 1. The topological polar surface area (TPSA) is 143 Å². The van der Waals surface area contributed by atoms with E-state index < -0.39 is 26.2 Å². The summed E-state index contributed by atoms with van der Waals surface area (Å²) in [4.78, 5) is 35.5. The number of nitrogens with one attached hydrogen (secondary N) is 3. The monoisotopic (exact) mass is 514 g/mol. The Labute approximate surface area is 209 Å². The van der Waals surface area contributed by atoms with Gasteiger partial charge in [-0.25, -0.2) is 23.2 Å². The average molecular weight is 515 g/mol. The fourth-order valence-corrected chi connectivity index (χ4v) is 6.17. The van der Waals surface area contributed by atoms with E-state index in [2.05, 4.69) is 20.9 Å². The maximum atomic E-state index is 13.2. The smallest absolute Gasteiger partial charge is 0.319 e. The van der Waals surface area contributed by atoms with Crippen molar-refractivity contribution in [3.63, 3.8) is 0 Å². The van der Waals surface area contributed by atoms with Crippen LogP contribution in [0.5, 0.6) is 0 Å². The number of morpholine rings is 1. The Morgan fingerprint density at radius 2 is 1.81 bits per heavy atom. The standard InChI is InChI=1S/C24H30N6O5S/c1-25-21(31)15-36(33,34)24(8-9-24)19-14-20(30-10-12-35-13-11-30)29-22(28-19)16-2-4-17(5-3-16)26-23(32)27-18-6-7-18/h2-5,14,18H,6-13,15H2,1H3,(H,25,31)(H2,26,27,32). The first-order valence-electron chi connectivity index (χ1n) is 12.1. The lowest BCUT2D eigenvalue weighted by Crippen LogP contribution is -2.37. The molecule has 0 spiro atoms. The fraction of sp³-hybridized carbons (Fsp3) is 0.500. The Bertz CT molecular complexity index is 1250. The van der Waals surface area contributed by atoms with Crippen LogP contribution in [0, 0.1) is 0 Å². The lowest BCUT2D eigenvalue weighted by Gasteiger charge is -2.29. The van der Waals surface area contributed by atoms with Crippen molar-refractivity contribution in [1.29, 1.82) is 0 Å². The van der Waals surface area contributed by atoms with Crippen LogP contribution in [0.3, 0.4) is 0 Å². The Morgan fingerprint density at radius 3 is 2.42 bits per heavy atom. The molecule has 1 aromatic carbocycles. The fourth-order valence-electron chi connectivity index (χ4n) is 4.26. The number of hydrogen-bond donors (Lipinski definition) is 3. The van der Waals surface area contributed by atoms with Crippen LogP contribution in [0.15, 0.2) is 30.3 Å². The second kappa shape index (κ2) is 9.66. The minimum atomic E-state index is -3.78. The summed E-state index contributed by atoms with van der Waals surface area (Å²) in [5.41, 5.74) is 1.73. The molecule has 2 heterocycles. The number of ether oxygens (including phenoxy) is 1. The van der Waals surface area contributed by atoms with Gasteiger partial charge in [0.1, 0.15) is 16.3 Å². The van der Waals surface area contributed by atoms with E-state index in [-0.39, 0.29) is 12.1 Å². The third-order valence-electron chi connectivity index (χ3n) is 6.73. The number of anilines is 2. The number of nitrogens with zero attached hydrogens (tertiary/aromatic N) is 3. The van der Waals surface area contributed by atoms with E-state index in [1.54, 1.807) is 30.3 Å². The summed E-state index contributed by atoms with van der Waals surface area (Å²) in [6.07, 6.45) is 2.83. The minimum absolute atomic E-state index is 0.241. The molecule has 1 saturated heterocycles. The molecule has 36 heavy (non-hydrogen) atoms. The summed E-state index contributed by atoms with van der Waals surface area (Å²) in [7, 11) is -2.36. The molecule has 0 radical (unpaired) electrons. The van der Waals surface area contributed by atoms with E-state index in [0.29, 0.717) is 67.7 Å². The molecular formula is C24H30N6O5S. The highest BCUT2D eigenvalue weighted by molar-refractivity contribution is 7.93. The van der Waals surface area contributed by atoms with Gasteiger partial charge in [-0.05, 0) is 49.9 Å². The normalized spacial score (nSPS) is 18.9. The van der Waals surface area contributed by atoms with Crippen LogP contribution >= 0.6 is 0 Å². The van der Waals surface area contributed by atoms with Crippen LogP contribution < -0.4 is 20.9 Å². The number of hydrogen-bond acceptors (Lipinski definition) is 8. The van der Waals surface area contributed by atoms with Crippen molar-refractivity contribution in [3.8, 4) is 11.4 Å². The molecule has 12 heteroatoms. The van der Waals surface area contributed by atoms with Crippen molar-refractivity contribution in [1.82, 2.24) is 20.6 Å². The number of carbonyl (C=O) groups excluding carboxylic acids is 2. The summed E-state index contributed by atoms with van der Waals surface area (Å²) in [5, 5.41) is 8.09. The van der Waals surface area contributed by atoms with Crippen LogP contribution in [-0.2, 0) is 24.1 Å². The number of amides is 3. The number of aromatic nitrogens is 2. The Morgan fingerprint density at radius 1 is 1.11 bits per heavy atom. The zero-order valence-electron chi connectivity index (χ0n) is 20.1. The summed E-state index contributed by atoms with van der Waals surface area (Å²) in [6.45, 7) is 2.37. The van der Waals surface area contributed by atoms with Crippen molar-refractivity contribution >= 4 is 33.3 Å². The molecule has 3 N–H and O–H groups in total. The first-order chi connectivity index (χ1) is 17.3. The average Bonchev–Trinajstić information content (AvgIpc) is 3.80. The second-order valence-electron chi connectivity index (χ2n) is 9.41. The summed E-state index contributed by atoms with van der Waals surface area (Å²) >= 11 is 0. The van der Waals surface area contributed by atoms with Crippen molar-refractivity contribution in [2.75, 3.05) is 49.3 Å². The molecule has 192 valence electrons. The number of rotatable bonds is 8. The van der Waals surface area contributed by atoms with Gasteiger partial charge in [-0.15, -0.1) is 0 Å². The van der Waals surface area contributed by atoms with E-state index in [1.165, 1.54) is 7.05 Å². The van der Waals surface area contributed by atoms with Crippen molar-refractivity contribution < 1.29 is 22.7 Å². The maximum absolute atomic E-state index is 13.2. The molecule has 3 aliphatic rings. The highest BCUT2D eigenvalue weighted by atomic mass is 32.2. The molecule has 5 rings (SSSR count). The largest absolute Gasteiger partial charge is 0.378 e. The number of carbonyl (C=O) groups is 2. The van der Waals surface area contributed by atoms with Gasteiger partial charge < -0.3 is 25.6 Å². The predicted octanol–water partition coefficient (Wildman–Crippen LogP) is 1.41. The molecule has 2 aliphatic carbocycles. The number of sulfone groups is 1. The lowest BCUT2D eigenvalue weighted by atomic mass is 10.1. The van der Waals surface area contributed by atoms with E-state index in [4.69, 9.17) is 14.7 Å². The van der Waals surface area contributed by atoms with Gasteiger partial charge in [-0.2, -0.15) is 0 Å². The maximum Gasteiger partial charge on any atom is 0.319 e. The SMILES string of the molecule is CNC(=O)CS(=O)(=O)C1(c2cc(N3CCOCC3)nc(-c3ccc(NC(=O)NC4CC4)cc3)n2)CC1. The second-order valence-corrected chi connectivity index (χ2v) is 11.7. The molecule has 2 saturated carbocycles. The highest BCUT2D eigenvalue weighted by Gasteiger charge is 2.57. The molecule has 11 nitrogen and oxygen atoms in total. The molecule has 1 aromatic heterocycles. The van der Waals surface area contributed by atoms with Crippen molar-refractivity contribution in [2.45, 2.75) is 36.5 Å². The van der Waals surface area contributed by atoms with Gasteiger partial charge >= 0.3 is 6.03 Å². The molecule has 0 unspecified atom stereocenters. The molecule has 3 amide bonds. The van der Waals surface area contributed by atoms with Gasteiger partial charge in [0.05, 0.1) is 18.9 Å². The third-order valence-corrected chi connectivity index (χ3v) is 9.18. The summed E-state index contributed by atoms with van der Waals surface area (Å²) in [6, 6.07) is 8.88. The first kappa shape index (κ1) is 24.4. The summed E-state index contributed by atoms with van der Waals surface area (Å²) in [5.74, 6) is -0.105. The quantitative estimate of drug-likeness (QED) is 0.480. The third kappa shape index (κ3) is 5.14. The summed E-state index contributed by atoms with van der Waals surface area (Å²) < 4.78 is 30.8. The van der Waals surface area contributed by atoms with Gasteiger partial charge in [0, 0.05) is 43.5 Å². The van der Waals surface area contributed by atoms with Gasteiger partial charge in [0.2, 0.25) is 5.91 Å². The first-order valence-corrected chi connectivity index (χ1v) is 13.8. The predicted molar refractivity (Wildman–Crippen MR) is 134 cm³/mol. The van der Waals surface area contributed by atoms with Crippen LogP contribution in [0.1, 0.15) is 31.4 Å². The Kier molecular flexibility index (Phi) is 6.56. The Balaban J connectivity index is 1.46. The molecule has 2 aromatic rings. The zero-order valence-corrected chi connectivity index (χ0v) is 20.9. The van der Waals surface area contributed by atoms with E-state index in [9.17, 15) is 18.0 Å². The van der Waals surface area contributed by atoms with Crippen LogP contribution in [-0.4, -0.2) is 75.5 Å². The van der Waals surface area contributed by atoms with E-state index in [0.717, 1.165) is 12.8 Å². The van der Waals surface area contributed by atoms with Gasteiger partial charge in [-0.1, -0.05) is 0 Å². The van der Waals surface area contributed by atoms with E-state index >= 15 is 0 Å². The van der Waals surface area contributed by atoms with Crippen molar-refractivity contribution in [2.24, 2.45) is 0 Å². The van der Waals surface area contributed by atoms with Crippen LogP contribution in [0.4, 0.5) is 16.3 Å². The van der Waals surface area contributed by atoms with Gasteiger partial charge in [0.15, 0.2) is 15.7 Å². The van der Waals surface area contributed by atoms with Crippen LogP contribution in [0.2, 0.25) is 0 Å². The van der Waals surface area contributed by atoms with Crippen molar-refractivity contribution in [3.05, 3.63) is 36.0 Å². The molecule has 3 fully saturated rings.